The van der Waals surface area contributed by atoms with E-state index in [0.29, 0.717) is 23.2 Å². The number of nitrogens with zero attached hydrogens (tertiary/aromatic N) is 2. The van der Waals surface area contributed by atoms with E-state index in [2.05, 4.69) is 17.1 Å². The van der Waals surface area contributed by atoms with Crippen LogP contribution in [0.25, 0.3) is 0 Å². The molecule has 0 spiro atoms. The lowest BCUT2D eigenvalue weighted by molar-refractivity contribution is 0.233. The fraction of sp³-hybridized carbons (Fsp3) is 0.467. The maximum Gasteiger partial charge on any atom is 0.264 e. The quantitative estimate of drug-likeness (QED) is 0.844. The molecule has 0 aliphatic carbocycles. The van der Waals surface area contributed by atoms with Gasteiger partial charge in [0.2, 0.25) is 0 Å². The van der Waals surface area contributed by atoms with E-state index in [1.165, 1.54) is 0 Å². The van der Waals surface area contributed by atoms with Crippen LogP contribution in [0, 0.1) is 0 Å². The number of benzene rings is 1. The predicted molar refractivity (Wildman–Crippen MR) is 78.2 cm³/mol. The van der Waals surface area contributed by atoms with E-state index in [0.717, 1.165) is 18.4 Å². The number of hydrogen-bond acceptors (Lipinski definition) is 6. The summed E-state index contributed by atoms with van der Waals surface area (Å²) in [5.41, 5.74) is 6.84. The maximum atomic E-state index is 5.85. The number of ether oxygens (including phenoxy) is 2. The fourth-order valence-corrected chi connectivity index (χ4v) is 1.90. The third-order valence-corrected chi connectivity index (χ3v) is 3.05. The van der Waals surface area contributed by atoms with Gasteiger partial charge < -0.3 is 19.7 Å². The topological polar surface area (TPSA) is 83.4 Å². The van der Waals surface area contributed by atoms with Gasteiger partial charge in [0.15, 0.2) is 23.9 Å². The fourth-order valence-electron chi connectivity index (χ4n) is 1.90. The zero-order valence-corrected chi connectivity index (χ0v) is 12.6. The Labute approximate surface area is 124 Å². The molecule has 0 saturated carbocycles. The highest BCUT2D eigenvalue weighted by molar-refractivity contribution is 5.43. The van der Waals surface area contributed by atoms with Gasteiger partial charge in [0.05, 0.1) is 7.11 Å². The smallest absolute Gasteiger partial charge is 0.264 e. The van der Waals surface area contributed by atoms with Crippen molar-refractivity contribution >= 4 is 0 Å². The third kappa shape index (κ3) is 3.95. The van der Waals surface area contributed by atoms with Gasteiger partial charge in [-0.05, 0) is 31.0 Å². The van der Waals surface area contributed by atoms with Gasteiger partial charge in [0.25, 0.3) is 5.89 Å². The highest BCUT2D eigenvalue weighted by atomic mass is 16.5. The molecule has 21 heavy (non-hydrogen) atoms. The monoisotopic (exact) mass is 291 g/mol. The highest BCUT2D eigenvalue weighted by Gasteiger charge is 2.11. The zero-order valence-electron chi connectivity index (χ0n) is 12.6. The summed E-state index contributed by atoms with van der Waals surface area (Å²) in [6.07, 6.45) is 1.78. The Morgan fingerprint density at radius 3 is 2.81 bits per heavy atom. The van der Waals surface area contributed by atoms with E-state index in [4.69, 9.17) is 19.7 Å². The second-order valence-corrected chi connectivity index (χ2v) is 4.84. The molecule has 1 atom stereocenters. The largest absolute Gasteiger partial charge is 0.493 e. The Hall–Kier alpha value is -2.08. The highest BCUT2D eigenvalue weighted by Crippen LogP contribution is 2.30. The molecule has 0 bridgehead atoms. The van der Waals surface area contributed by atoms with Crippen LogP contribution < -0.4 is 15.2 Å². The lowest BCUT2D eigenvalue weighted by atomic mass is 10.1. The molecule has 0 radical (unpaired) electrons. The van der Waals surface area contributed by atoms with Crippen LogP contribution in [-0.2, 0) is 13.0 Å². The second-order valence-electron chi connectivity index (χ2n) is 4.84. The molecule has 1 heterocycles. The SMILES string of the molecule is CCCc1noc(COc2ccc([C@@H](C)N)cc2OC)n1. The van der Waals surface area contributed by atoms with Crippen molar-refractivity contribution in [1.82, 2.24) is 10.1 Å². The first-order chi connectivity index (χ1) is 10.1. The zero-order chi connectivity index (χ0) is 15.2. The first-order valence-corrected chi connectivity index (χ1v) is 7.01. The summed E-state index contributed by atoms with van der Waals surface area (Å²) in [5.74, 6) is 2.42. The molecule has 1 aromatic heterocycles. The Kier molecular flexibility index (Phi) is 5.16. The molecule has 2 N–H and O–H groups in total. The van der Waals surface area contributed by atoms with Crippen molar-refractivity contribution in [3.63, 3.8) is 0 Å². The van der Waals surface area contributed by atoms with Crippen molar-refractivity contribution in [1.29, 1.82) is 0 Å². The van der Waals surface area contributed by atoms with Crippen LogP contribution in [0.1, 0.15) is 43.6 Å². The van der Waals surface area contributed by atoms with Gasteiger partial charge in [0, 0.05) is 12.5 Å². The molecule has 0 unspecified atom stereocenters. The van der Waals surface area contributed by atoms with Gasteiger partial charge in [-0.2, -0.15) is 4.98 Å². The Balaban J connectivity index is 2.04. The molecule has 114 valence electrons. The van der Waals surface area contributed by atoms with Crippen molar-refractivity contribution in [2.24, 2.45) is 5.73 Å². The van der Waals surface area contributed by atoms with Crippen LogP contribution in [0.4, 0.5) is 0 Å². The van der Waals surface area contributed by atoms with Crippen molar-refractivity contribution in [2.75, 3.05) is 7.11 Å². The minimum absolute atomic E-state index is 0.0551. The molecule has 0 aliphatic heterocycles. The molecule has 6 heteroatoms. The summed E-state index contributed by atoms with van der Waals surface area (Å²) in [6.45, 7) is 4.20. The normalized spacial score (nSPS) is 12.2. The van der Waals surface area contributed by atoms with Crippen molar-refractivity contribution in [3.8, 4) is 11.5 Å². The molecular formula is C15H21N3O3. The molecule has 0 amide bonds. The molecular weight excluding hydrogens is 270 g/mol. The summed E-state index contributed by atoms with van der Waals surface area (Å²) < 4.78 is 16.1. The molecule has 0 fully saturated rings. The van der Waals surface area contributed by atoms with E-state index in [1.807, 2.05) is 25.1 Å². The van der Waals surface area contributed by atoms with Gasteiger partial charge in [0.1, 0.15) is 0 Å². The minimum Gasteiger partial charge on any atom is -0.493 e. The van der Waals surface area contributed by atoms with Crippen LogP contribution in [0.5, 0.6) is 11.5 Å². The third-order valence-electron chi connectivity index (χ3n) is 3.05. The molecule has 1 aromatic carbocycles. The van der Waals surface area contributed by atoms with E-state index >= 15 is 0 Å². The standard InChI is InChI=1S/C15H21N3O3/c1-4-5-14-17-15(21-18-14)9-20-12-7-6-11(10(2)16)8-13(12)19-3/h6-8,10H,4-5,9,16H2,1-3H3/t10-/m1/s1. The molecule has 2 rings (SSSR count). The van der Waals surface area contributed by atoms with Gasteiger partial charge in [-0.15, -0.1) is 0 Å². The first kappa shape index (κ1) is 15.3. The summed E-state index contributed by atoms with van der Waals surface area (Å²) in [7, 11) is 1.60. The second kappa shape index (κ2) is 7.08. The Morgan fingerprint density at radius 1 is 1.33 bits per heavy atom. The predicted octanol–water partition coefficient (Wildman–Crippen LogP) is 2.63. The van der Waals surface area contributed by atoms with Crippen molar-refractivity contribution in [2.45, 2.75) is 39.3 Å². The minimum atomic E-state index is -0.0551. The van der Waals surface area contributed by atoms with Crippen LogP contribution in [0.15, 0.2) is 22.7 Å². The lowest BCUT2D eigenvalue weighted by Gasteiger charge is -2.12. The van der Waals surface area contributed by atoms with Gasteiger partial charge in [-0.3, -0.25) is 0 Å². The summed E-state index contributed by atoms with van der Waals surface area (Å²) >= 11 is 0. The van der Waals surface area contributed by atoms with E-state index < -0.39 is 0 Å². The van der Waals surface area contributed by atoms with Gasteiger partial charge >= 0.3 is 0 Å². The maximum absolute atomic E-state index is 5.85. The van der Waals surface area contributed by atoms with Crippen LogP contribution in [0.3, 0.4) is 0 Å². The molecule has 6 nitrogen and oxygen atoms in total. The van der Waals surface area contributed by atoms with Crippen molar-refractivity contribution < 1.29 is 14.0 Å². The molecule has 0 saturated heterocycles. The Morgan fingerprint density at radius 2 is 2.14 bits per heavy atom. The van der Waals surface area contributed by atoms with Crippen LogP contribution in [0.2, 0.25) is 0 Å². The number of methoxy groups -OCH3 is 1. The Bertz CT molecular complexity index is 581. The summed E-state index contributed by atoms with van der Waals surface area (Å²) in [6, 6.07) is 5.57. The van der Waals surface area contributed by atoms with E-state index in [-0.39, 0.29) is 12.6 Å². The number of aromatic nitrogens is 2. The average molecular weight is 291 g/mol. The van der Waals surface area contributed by atoms with Crippen molar-refractivity contribution in [3.05, 3.63) is 35.5 Å². The number of hydrogen-bond donors (Lipinski definition) is 1. The number of aryl methyl sites for hydroxylation is 1. The lowest BCUT2D eigenvalue weighted by Crippen LogP contribution is -2.06. The average Bonchev–Trinajstić information content (AvgIpc) is 2.93. The summed E-state index contributed by atoms with van der Waals surface area (Å²) in [4.78, 5) is 4.25. The molecule has 2 aromatic rings. The summed E-state index contributed by atoms with van der Waals surface area (Å²) in [5, 5.41) is 3.88. The van der Waals surface area contributed by atoms with Crippen LogP contribution in [-0.4, -0.2) is 17.3 Å². The first-order valence-electron chi connectivity index (χ1n) is 7.01. The number of nitrogens with two attached hydrogens (primary N) is 1. The molecule has 0 aliphatic rings. The number of rotatable bonds is 7. The van der Waals surface area contributed by atoms with E-state index in [1.54, 1.807) is 7.11 Å². The van der Waals surface area contributed by atoms with Gasteiger partial charge in [-0.25, -0.2) is 0 Å². The van der Waals surface area contributed by atoms with Crippen LogP contribution >= 0.6 is 0 Å². The van der Waals surface area contributed by atoms with E-state index in [9.17, 15) is 0 Å². The van der Waals surface area contributed by atoms with Gasteiger partial charge in [-0.1, -0.05) is 18.1 Å².